The summed E-state index contributed by atoms with van der Waals surface area (Å²) in [4.78, 5) is 26.0. The Labute approximate surface area is 160 Å². The standard InChI is InChI=1S/C20H24N2O4S/c1-4-21(14-17-9-6-5-7-10-17)20(24)15-22(27(3,25)26)19-12-8-11-18(13-19)16(2)23/h5-13H,4,14-15H2,1-3H3. The van der Waals surface area contributed by atoms with E-state index in [0.29, 0.717) is 24.3 Å². The minimum absolute atomic E-state index is 0.170. The predicted molar refractivity (Wildman–Crippen MR) is 106 cm³/mol. The van der Waals surface area contributed by atoms with Crippen LogP contribution in [0.25, 0.3) is 0 Å². The molecule has 27 heavy (non-hydrogen) atoms. The Morgan fingerprint density at radius 3 is 2.22 bits per heavy atom. The molecule has 0 unspecified atom stereocenters. The van der Waals surface area contributed by atoms with Crippen molar-refractivity contribution in [3.8, 4) is 0 Å². The zero-order chi connectivity index (χ0) is 20.0. The Bertz CT molecular complexity index is 911. The van der Waals surface area contributed by atoms with Crippen LogP contribution in [0.1, 0.15) is 29.8 Å². The molecule has 0 saturated heterocycles. The van der Waals surface area contributed by atoms with E-state index in [9.17, 15) is 18.0 Å². The fourth-order valence-corrected chi connectivity index (χ4v) is 3.52. The first-order valence-corrected chi connectivity index (χ1v) is 10.5. The molecule has 2 rings (SSSR count). The Morgan fingerprint density at radius 1 is 1.00 bits per heavy atom. The number of carbonyl (C=O) groups is 2. The summed E-state index contributed by atoms with van der Waals surface area (Å²) in [7, 11) is -3.70. The zero-order valence-electron chi connectivity index (χ0n) is 15.8. The third-order valence-corrected chi connectivity index (χ3v) is 5.31. The molecule has 0 aliphatic heterocycles. The highest BCUT2D eigenvalue weighted by molar-refractivity contribution is 7.92. The summed E-state index contributed by atoms with van der Waals surface area (Å²) in [6, 6.07) is 15.8. The van der Waals surface area contributed by atoms with Crippen molar-refractivity contribution in [3.63, 3.8) is 0 Å². The smallest absolute Gasteiger partial charge is 0.243 e. The molecule has 0 aliphatic carbocycles. The molecule has 0 atom stereocenters. The third-order valence-electron chi connectivity index (χ3n) is 4.17. The summed E-state index contributed by atoms with van der Waals surface area (Å²) in [6.45, 7) is 3.80. The molecule has 144 valence electrons. The number of anilines is 1. The van der Waals surface area contributed by atoms with E-state index in [1.54, 1.807) is 23.1 Å². The molecule has 2 aromatic rings. The van der Waals surface area contributed by atoms with E-state index in [4.69, 9.17) is 0 Å². The van der Waals surface area contributed by atoms with Crippen molar-refractivity contribution >= 4 is 27.4 Å². The van der Waals surface area contributed by atoms with Gasteiger partial charge in [-0.25, -0.2) is 8.42 Å². The van der Waals surface area contributed by atoms with Crippen LogP contribution in [0.4, 0.5) is 5.69 Å². The van der Waals surface area contributed by atoms with Crippen LogP contribution in [0.3, 0.4) is 0 Å². The normalized spacial score (nSPS) is 11.1. The van der Waals surface area contributed by atoms with Crippen molar-refractivity contribution in [2.45, 2.75) is 20.4 Å². The second-order valence-corrected chi connectivity index (χ2v) is 8.18. The lowest BCUT2D eigenvalue weighted by atomic mass is 10.1. The lowest BCUT2D eigenvalue weighted by molar-refractivity contribution is -0.129. The van der Waals surface area contributed by atoms with Gasteiger partial charge in [-0.2, -0.15) is 0 Å². The summed E-state index contributed by atoms with van der Waals surface area (Å²) in [5, 5.41) is 0. The van der Waals surface area contributed by atoms with Crippen LogP contribution in [0.5, 0.6) is 0 Å². The molecular formula is C20H24N2O4S. The molecule has 0 saturated carbocycles. The number of carbonyl (C=O) groups excluding carboxylic acids is 2. The molecule has 0 aliphatic rings. The molecule has 6 nitrogen and oxygen atoms in total. The largest absolute Gasteiger partial charge is 0.337 e. The third kappa shape index (κ3) is 5.65. The van der Waals surface area contributed by atoms with E-state index in [1.165, 1.54) is 13.0 Å². The number of ketones is 1. The van der Waals surface area contributed by atoms with Crippen molar-refractivity contribution in [2.75, 3.05) is 23.7 Å². The van der Waals surface area contributed by atoms with Crippen molar-refractivity contribution in [3.05, 3.63) is 65.7 Å². The highest BCUT2D eigenvalue weighted by Gasteiger charge is 2.24. The molecule has 1 amide bonds. The van der Waals surface area contributed by atoms with Gasteiger partial charge in [-0.05, 0) is 31.5 Å². The summed E-state index contributed by atoms with van der Waals surface area (Å²) >= 11 is 0. The predicted octanol–water partition coefficient (Wildman–Crippen LogP) is 2.70. The van der Waals surface area contributed by atoms with E-state index < -0.39 is 10.0 Å². The Hall–Kier alpha value is -2.67. The van der Waals surface area contributed by atoms with Crippen molar-refractivity contribution < 1.29 is 18.0 Å². The summed E-state index contributed by atoms with van der Waals surface area (Å²) in [6.07, 6.45) is 1.05. The van der Waals surface area contributed by atoms with Gasteiger partial charge in [-0.15, -0.1) is 0 Å². The molecule has 0 spiro atoms. The average molecular weight is 388 g/mol. The molecule has 0 N–H and O–H groups in total. The number of hydrogen-bond acceptors (Lipinski definition) is 4. The SMILES string of the molecule is CCN(Cc1ccccc1)C(=O)CN(c1cccc(C(C)=O)c1)S(C)(=O)=O. The van der Waals surface area contributed by atoms with Gasteiger partial charge in [0.05, 0.1) is 11.9 Å². The maximum absolute atomic E-state index is 12.8. The molecule has 0 bridgehead atoms. The molecule has 0 radical (unpaired) electrons. The van der Waals surface area contributed by atoms with E-state index in [0.717, 1.165) is 16.1 Å². The highest BCUT2D eigenvalue weighted by atomic mass is 32.2. The maximum Gasteiger partial charge on any atom is 0.243 e. The lowest BCUT2D eigenvalue weighted by Gasteiger charge is -2.27. The Morgan fingerprint density at radius 2 is 1.67 bits per heavy atom. The molecule has 7 heteroatoms. The van der Waals surface area contributed by atoms with Crippen molar-refractivity contribution in [2.24, 2.45) is 0 Å². The highest BCUT2D eigenvalue weighted by Crippen LogP contribution is 2.20. The van der Waals surface area contributed by atoms with Crippen molar-refractivity contribution in [1.82, 2.24) is 4.90 Å². The number of hydrogen-bond donors (Lipinski definition) is 0. The number of likely N-dealkylation sites (N-methyl/N-ethyl adjacent to an activating group) is 1. The van der Waals surface area contributed by atoms with Gasteiger partial charge in [0.2, 0.25) is 15.9 Å². The maximum atomic E-state index is 12.8. The van der Waals surface area contributed by atoms with Crippen LogP contribution in [-0.2, 0) is 21.4 Å². The van der Waals surface area contributed by atoms with Crippen LogP contribution in [0.2, 0.25) is 0 Å². The van der Waals surface area contributed by atoms with Gasteiger partial charge in [0.25, 0.3) is 0 Å². The first-order chi connectivity index (χ1) is 12.7. The summed E-state index contributed by atoms with van der Waals surface area (Å²) in [5.74, 6) is -0.476. The van der Waals surface area contributed by atoms with Gasteiger partial charge in [0.15, 0.2) is 5.78 Å². The number of Topliss-reactive ketones (excluding diaryl/α,β-unsaturated/α-hetero) is 1. The van der Waals surface area contributed by atoms with E-state index in [2.05, 4.69) is 0 Å². The van der Waals surface area contributed by atoms with Crippen LogP contribution in [-0.4, -0.2) is 44.4 Å². The monoisotopic (exact) mass is 388 g/mol. The van der Waals surface area contributed by atoms with E-state index >= 15 is 0 Å². The number of sulfonamides is 1. The fourth-order valence-electron chi connectivity index (χ4n) is 2.68. The zero-order valence-corrected chi connectivity index (χ0v) is 16.6. The molecule has 0 heterocycles. The second kappa shape index (κ2) is 8.81. The molecule has 0 fully saturated rings. The van der Waals surface area contributed by atoms with Crippen LogP contribution < -0.4 is 4.31 Å². The Kier molecular flexibility index (Phi) is 6.74. The summed E-state index contributed by atoms with van der Waals surface area (Å²) < 4.78 is 25.6. The minimum atomic E-state index is -3.70. The molecule has 0 aromatic heterocycles. The van der Waals surface area contributed by atoms with E-state index in [1.807, 2.05) is 37.3 Å². The van der Waals surface area contributed by atoms with Gasteiger partial charge in [-0.1, -0.05) is 42.5 Å². The second-order valence-electron chi connectivity index (χ2n) is 6.27. The quantitative estimate of drug-likeness (QED) is 0.652. The number of nitrogens with zero attached hydrogens (tertiary/aromatic N) is 2. The first-order valence-electron chi connectivity index (χ1n) is 8.62. The first kappa shape index (κ1) is 20.6. The van der Waals surface area contributed by atoms with E-state index in [-0.39, 0.29) is 18.2 Å². The minimum Gasteiger partial charge on any atom is -0.337 e. The van der Waals surface area contributed by atoms with Gasteiger partial charge in [0, 0.05) is 18.7 Å². The molecule has 2 aromatic carbocycles. The number of amides is 1. The van der Waals surface area contributed by atoms with Gasteiger partial charge in [0.1, 0.15) is 6.54 Å². The van der Waals surface area contributed by atoms with Crippen LogP contribution in [0, 0.1) is 0 Å². The van der Waals surface area contributed by atoms with Crippen LogP contribution >= 0.6 is 0 Å². The van der Waals surface area contributed by atoms with Crippen molar-refractivity contribution in [1.29, 1.82) is 0 Å². The summed E-state index contributed by atoms with van der Waals surface area (Å²) in [5.41, 5.74) is 1.66. The van der Waals surface area contributed by atoms with Gasteiger partial charge in [-0.3, -0.25) is 13.9 Å². The van der Waals surface area contributed by atoms with Gasteiger partial charge >= 0.3 is 0 Å². The number of benzene rings is 2. The molecular weight excluding hydrogens is 364 g/mol. The lowest BCUT2D eigenvalue weighted by Crippen LogP contribution is -2.42. The Balaban J connectivity index is 2.26. The number of rotatable bonds is 8. The van der Waals surface area contributed by atoms with Crippen LogP contribution in [0.15, 0.2) is 54.6 Å². The topological polar surface area (TPSA) is 74.8 Å². The van der Waals surface area contributed by atoms with Gasteiger partial charge < -0.3 is 4.90 Å². The fraction of sp³-hybridized carbons (Fsp3) is 0.300. The average Bonchev–Trinajstić information content (AvgIpc) is 2.64.